The molecule has 2 heterocycles. The van der Waals surface area contributed by atoms with Crippen molar-refractivity contribution >= 4 is 17.8 Å². The highest BCUT2D eigenvalue weighted by Gasteiger charge is 2.50. The van der Waals surface area contributed by atoms with Gasteiger partial charge in [-0.05, 0) is 55.0 Å². The van der Waals surface area contributed by atoms with Crippen molar-refractivity contribution in [2.45, 2.75) is 37.8 Å². The van der Waals surface area contributed by atoms with Crippen molar-refractivity contribution in [2.24, 2.45) is 0 Å². The zero-order valence-electron chi connectivity index (χ0n) is 17.8. The normalized spacial score (nSPS) is 24.0. The highest BCUT2D eigenvalue weighted by atomic mass is 16.6. The molecule has 166 valence electrons. The van der Waals surface area contributed by atoms with Crippen molar-refractivity contribution < 1.29 is 23.9 Å². The van der Waals surface area contributed by atoms with Crippen LogP contribution in [-0.4, -0.2) is 42.5 Å². The number of carbonyl (C=O) groups is 3. The van der Waals surface area contributed by atoms with Crippen molar-refractivity contribution in [2.75, 3.05) is 19.8 Å². The maximum Gasteiger partial charge on any atom is 0.325 e. The van der Waals surface area contributed by atoms with E-state index in [1.807, 2.05) is 18.2 Å². The first-order valence-electron chi connectivity index (χ1n) is 10.9. The molecule has 1 aliphatic carbocycles. The summed E-state index contributed by atoms with van der Waals surface area (Å²) in [6, 6.07) is 12.5. The van der Waals surface area contributed by atoms with E-state index in [0.717, 1.165) is 29.7 Å². The molecule has 2 atom stereocenters. The molecule has 0 aromatic heterocycles. The maximum absolute atomic E-state index is 13.2. The molecule has 32 heavy (non-hydrogen) atoms. The number of fused-ring (bicyclic) bond motifs is 2. The molecule has 2 N–H and O–H groups in total. The van der Waals surface area contributed by atoms with Crippen LogP contribution in [0, 0.1) is 0 Å². The lowest BCUT2D eigenvalue weighted by atomic mass is 9.88. The average molecular weight is 435 g/mol. The van der Waals surface area contributed by atoms with E-state index in [0.29, 0.717) is 30.3 Å². The Morgan fingerprint density at radius 2 is 1.94 bits per heavy atom. The Bertz CT molecular complexity index is 1100. The van der Waals surface area contributed by atoms with Crippen LogP contribution >= 0.6 is 0 Å². The number of urea groups is 1. The number of nitrogens with zero attached hydrogens (tertiary/aromatic N) is 1. The molecule has 8 heteroatoms. The van der Waals surface area contributed by atoms with Gasteiger partial charge in [0.2, 0.25) is 5.91 Å². The molecular formula is C24H25N3O5. The molecule has 4 amide bonds. The minimum Gasteiger partial charge on any atom is -0.486 e. The smallest absolute Gasteiger partial charge is 0.325 e. The number of nitrogens with one attached hydrogen (secondary N) is 2. The van der Waals surface area contributed by atoms with E-state index < -0.39 is 17.5 Å². The Kier molecular flexibility index (Phi) is 5.00. The number of hydrogen-bond acceptors (Lipinski definition) is 5. The van der Waals surface area contributed by atoms with Gasteiger partial charge in [-0.25, -0.2) is 4.79 Å². The van der Waals surface area contributed by atoms with Gasteiger partial charge in [0, 0.05) is 0 Å². The van der Waals surface area contributed by atoms with E-state index in [2.05, 4.69) is 16.7 Å². The minimum atomic E-state index is -1.29. The second-order valence-corrected chi connectivity index (χ2v) is 8.52. The quantitative estimate of drug-likeness (QED) is 0.719. The van der Waals surface area contributed by atoms with Gasteiger partial charge in [-0.15, -0.1) is 0 Å². The first-order valence-corrected chi connectivity index (χ1v) is 10.9. The van der Waals surface area contributed by atoms with Gasteiger partial charge in [0.25, 0.3) is 5.91 Å². The summed E-state index contributed by atoms with van der Waals surface area (Å²) in [5.41, 5.74) is 1.62. The largest absolute Gasteiger partial charge is 0.486 e. The van der Waals surface area contributed by atoms with Crippen LogP contribution in [-0.2, 0) is 21.5 Å². The molecule has 5 rings (SSSR count). The number of benzene rings is 2. The van der Waals surface area contributed by atoms with Crippen molar-refractivity contribution in [1.29, 1.82) is 0 Å². The lowest BCUT2D eigenvalue weighted by Gasteiger charge is -2.27. The van der Waals surface area contributed by atoms with E-state index in [4.69, 9.17) is 9.47 Å². The third-order valence-electron chi connectivity index (χ3n) is 6.40. The van der Waals surface area contributed by atoms with Gasteiger partial charge in [0.15, 0.2) is 11.5 Å². The van der Waals surface area contributed by atoms with Crippen LogP contribution < -0.4 is 20.1 Å². The van der Waals surface area contributed by atoms with Crippen LogP contribution in [0.5, 0.6) is 11.5 Å². The van der Waals surface area contributed by atoms with Gasteiger partial charge >= 0.3 is 6.03 Å². The van der Waals surface area contributed by atoms with E-state index in [9.17, 15) is 14.4 Å². The summed E-state index contributed by atoms with van der Waals surface area (Å²) in [5.74, 6) is 0.300. The molecule has 2 aromatic rings. The third kappa shape index (κ3) is 3.45. The third-order valence-corrected chi connectivity index (χ3v) is 6.40. The zero-order chi connectivity index (χ0) is 22.3. The summed E-state index contributed by atoms with van der Waals surface area (Å²) in [4.78, 5) is 39.6. The van der Waals surface area contributed by atoms with Crippen LogP contribution in [0.25, 0.3) is 0 Å². The number of hydrogen-bond donors (Lipinski definition) is 2. The number of aryl methyl sites for hydroxylation is 1. The molecule has 2 aliphatic heterocycles. The Morgan fingerprint density at radius 3 is 2.78 bits per heavy atom. The average Bonchev–Trinajstić information content (AvgIpc) is 3.03. The van der Waals surface area contributed by atoms with Crippen molar-refractivity contribution in [1.82, 2.24) is 15.5 Å². The number of carbonyl (C=O) groups excluding carboxylic acids is 3. The van der Waals surface area contributed by atoms with Gasteiger partial charge in [-0.1, -0.05) is 30.3 Å². The van der Waals surface area contributed by atoms with Gasteiger partial charge in [-0.2, -0.15) is 0 Å². The van der Waals surface area contributed by atoms with Gasteiger partial charge in [0.05, 0.1) is 6.04 Å². The van der Waals surface area contributed by atoms with Gasteiger partial charge in [-0.3, -0.25) is 14.5 Å². The minimum absolute atomic E-state index is 0.114. The van der Waals surface area contributed by atoms with E-state index in [-0.39, 0.29) is 18.5 Å². The predicted molar refractivity (Wildman–Crippen MR) is 115 cm³/mol. The molecule has 1 fully saturated rings. The van der Waals surface area contributed by atoms with E-state index in [1.165, 1.54) is 5.56 Å². The molecule has 3 aliphatic rings. The fraction of sp³-hybridized carbons (Fsp3) is 0.375. The molecular weight excluding hydrogens is 410 g/mol. The van der Waals surface area contributed by atoms with E-state index in [1.54, 1.807) is 25.1 Å². The van der Waals surface area contributed by atoms with Crippen molar-refractivity contribution in [3.63, 3.8) is 0 Å². The summed E-state index contributed by atoms with van der Waals surface area (Å²) in [7, 11) is 0. The van der Waals surface area contributed by atoms with Crippen molar-refractivity contribution in [3.8, 4) is 11.5 Å². The molecule has 1 saturated heterocycles. The molecule has 0 bridgehead atoms. The lowest BCUT2D eigenvalue weighted by molar-refractivity contribution is -0.135. The summed E-state index contributed by atoms with van der Waals surface area (Å²) in [6.45, 7) is 2.19. The van der Waals surface area contributed by atoms with E-state index >= 15 is 0 Å². The highest BCUT2D eigenvalue weighted by molar-refractivity contribution is 6.09. The fourth-order valence-corrected chi connectivity index (χ4v) is 4.68. The number of rotatable bonds is 4. The Labute approximate surface area is 185 Å². The molecule has 0 radical (unpaired) electrons. The summed E-state index contributed by atoms with van der Waals surface area (Å²) < 4.78 is 11.1. The summed E-state index contributed by atoms with van der Waals surface area (Å²) >= 11 is 0. The van der Waals surface area contributed by atoms with Crippen LogP contribution in [0.2, 0.25) is 0 Å². The fourth-order valence-electron chi connectivity index (χ4n) is 4.68. The van der Waals surface area contributed by atoms with Crippen LogP contribution in [0.15, 0.2) is 42.5 Å². The monoisotopic (exact) mass is 435 g/mol. The van der Waals surface area contributed by atoms with Gasteiger partial charge < -0.3 is 20.1 Å². The maximum atomic E-state index is 13.2. The molecule has 2 aromatic carbocycles. The Hall–Kier alpha value is -3.55. The SMILES string of the molecule is C[C@]1(c2ccc3c(c2)OCCO3)NC(=O)N(CC(=O)N[C@@H]2CCCc3ccccc32)C1=O. The standard InChI is InChI=1S/C24H25N3O5/c1-24(16-9-10-19-20(13-16)32-12-11-31-19)22(29)27(23(30)26-24)14-21(28)25-18-8-4-6-15-5-2-3-7-17(15)18/h2-3,5,7,9-10,13,18H,4,6,8,11-12,14H2,1H3,(H,25,28)(H,26,30)/t18-,24-/m1/s1. The Morgan fingerprint density at radius 1 is 1.16 bits per heavy atom. The number of ether oxygens (including phenoxy) is 2. The van der Waals surface area contributed by atoms with Crippen molar-refractivity contribution in [3.05, 3.63) is 59.2 Å². The molecule has 0 unspecified atom stereocenters. The van der Waals surface area contributed by atoms with Crippen LogP contribution in [0.4, 0.5) is 4.79 Å². The second-order valence-electron chi connectivity index (χ2n) is 8.52. The first kappa shape index (κ1) is 20.4. The number of imide groups is 1. The lowest BCUT2D eigenvalue weighted by Crippen LogP contribution is -2.44. The molecule has 8 nitrogen and oxygen atoms in total. The molecule has 0 saturated carbocycles. The summed E-state index contributed by atoms with van der Waals surface area (Å²) in [5, 5.41) is 5.74. The first-order chi connectivity index (χ1) is 15.5. The van der Waals surface area contributed by atoms with Crippen LogP contribution in [0.1, 0.15) is 42.5 Å². The molecule has 0 spiro atoms. The zero-order valence-corrected chi connectivity index (χ0v) is 17.8. The predicted octanol–water partition coefficient (Wildman–Crippen LogP) is 2.42. The van der Waals surface area contributed by atoms with Gasteiger partial charge in [0.1, 0.15) is 25.3 Å². The van der Waals surface area contributed by atoms with Crippen LogP contribution in [0.3, 0.4) is 0 Å². The topological polar surface area (TPSA) is 97.0 Å². The Balaban J connectivity index is 1.31. The number of amides is 4. The second kappa shape index (κ2) is 7.85. The summed E-state index contributed by atoms with van der Waals surface area (Å²) in [6.07, 6.45) is 2.80. The highest BCUT2D eigenvalue weighted by Crippen LogP contribution is 2.37.